The molecule has 7 nitrogen and oxygen atoms in total. The summed E-state index contributed by atoms with van der Waals surface area (Å²) in [6.07, 6.45) is 0.159. The highest BCUT2D eigenvalue weighted by molar-refractivity contribution is 7.89. The van der Waals surface area contributed by atoms with E-state index in [-0.39, 0.29) is 17.9 Å². The second-order valence-electron chi connectivity index (χ2n) is 9.83. The number of nitrogens with one attached hydrogen (secondary N) is 2. The van der Waals surface area contributed by atoms with Gasteiger partial charge in [-0.15, -0.1) is 0 Å². The average molecular weight is 573 g/mol. The van der Waals surface area contributed by atoms with Crippen LogP contribution < -0.4 is 14.8 Å². The van der Waals surface area contributed by atoms with Crippen molar-refractivity contribution in [3.63, 3.8) is 0 Å². The Morgan fingerprint density at radius 3 is 1.98 bits per heavy atom. The third kappa shape index (κ3) is 7.41. The molecule has 2 atom stereocenters. The highest BCUT2D eigenvalue weighted by Gasteiger charge is 2.49. The van der Waals surface area contributed by atoms with Gasteiger partial charge in [0, 0.05) is 13.0 Å². The molecule has 0 aromatic heterocycles. The Hall–Kier alpha value is -3.98. The molecule has 2 N–H and O–H groups in total. The van der Waals surface area contributed by atoms with Gasteiger partial charge in [-0.3, -0.25) is 5.32 Å². The summed E-state index contributed by atoms with van der Waals surface area (Å²) in [5, 5.41) is 3.46. The van der Waals surface area contributed by atoms with Gasteiger partial charge in [0.25, 0.3) is 0 Å². The monoisotopic (exact) mass is 572 g/mol. The van der Waals surface area contributed by atoms with Crippen LogP contribution in [0.1, 0.15) is 35.2 Å². The molecule has 0 unspecified atom stereocenters. The number of hydrogen-bond donors (Lipinski definition) is 2. The summed E-state index contributed by atoms with van der Waals surface area (Å²) in [6.45, 7) is 4.05. The summed E-state index contributed by atoms with van der Waals surface area (Å²) in [7, 11) is -2.51. The number of benzene rings is 4. The van der Waals surface area contributed by atoms with Gasteiger partial charge in [-0.2, -0.15) is 0 Å². The number of carbonyl (C=O) groups excluding carboxylic acids is 1. The van der Waals surface area contributed by atoms with Crippen molar-refractivity contribution in [2.45, 2.75) is 43.3 Å². The zero-order valence-corrected chi connectivity index (χ0v) is 24.4. The number of methoxy groups -OCH3 is 1. The molecule has 0 spiro atoms. The number of aryl methyl sites for hydroxylation is 1. The van der Waals surface area contributed by atoms with Crippen LogP contribution in [-0.4, -0.2) is 33.6 Å². The van der Waals surface area contributed by atoms with E-state index in [1.165, 1.54) is 0 Å². The Morgan fingerprint density at radius 2 is 1.41 bits per heavy atom. The van der Waals surface area contributed by atoms with Crippen molar-refractivity contribution in [1.82, 2.24) is 10.0 Å². The van der Waals surface area contributed by atoms with Crippen molar-refractivity contribution in [2.75, 3.05) is 13.7 Å². The molecule has 0 amide bonds. The third-order valence-electron chi connectivity index (χ3n) is 6.96. The number of carbonyl (C=O) groups is 1. The van der Waals surface area contributed by atoms with E-state index in [1.54, 1.807) is 62.6 Å². The molecule has 214 valence electrons. The Bertz CT molecular complexity index is 1510. The summed E-state index contributed by atoms with van der Waals surface area (Å²) in [4.78, 5) is 14.3. The number of esters is 1. The summed E-state index contributed by atoms with van der Waals surface area (Å²) >= 11 is 0. The van der Waals surface area contributed by atoms with Gasteiger partial charge in [-0.05, 0) is 54.8 Å². The Morgan fingerprint density at radius 1 is 0.829 bits per heavy atom. The summed E-state index contributed by atoms with van der Waals surface area (Å²) < 4.78 is 41.7. The van der Waals surface area contributed by atoms with Gasteiger partial charge in [0.1, 0.15) is 11.3 Å². The van der Waals surface area contributed by atoms with E-state index in [2.05, 4.69) is 10.0 Å². The van der Waals surface area contributed by atoms with Crippen LogP contribution in [0.5, 0.6) is 5.75 Å². The van der Waals surface area contributed by atoms with Gasteiger partial charge in [0.15, 0.2) is 0 Å². The van der Waals surface area contributed by atoms with Crippen molar-refractivity contribution < 1.29 is 22.7 Å². The molecule has 0 aliphatic carbocycles. The van der Waals surface area contributed by atoms with Crippen LogP contribution in [0.25, 0.3) is 0 Å². The van der Waals surface area contributed by atoms with Crippen LogP contribution in [0.15, 0.2) is 114 Å². The van der Waals surface area contributed by atoms with E-state index in [0.717, 1.165) is 16.7 Å². The number of ether oxygens (including phenoxy) is 2. The molecule has 0 bridgehead atoms. The predicted molar refractivity (Wildman–Crippen MR) is 160 cm³/mol. The molecule has 0 aliphatic rings. The minimum absolute atomic E-state index is 0.0992. The first kappa shape index (κ1) is 30.0. The zero-order chi connectivity index (χ0) is 29.3. The molecule has 4 rings (SSSR count). The molecule has 0 saturated heterocycles. The third-order valence-corrected chi connectivity index (χ3v) is 8.40. The van der Waals surface area contributed by atoms with Crippen LogP contribution in [0.2, 0.25) is 0 Å². The summed E-state index contributed by atoms with van der Waals surface area (Å²) in [5.74, 6) is 0.0446. The van der Waals surface area contributed by atoms with Crippen molar-refractivity contribution in [2.24, 2.45) is 0 Å². The number of hydrogen-bond acceptors (Lipinski definition) is 6. The fraction of sp³-hybridized carbons (Fsp3) is 0.242. The Kier molecular flexibility index (Phi) is 9.94. The lowest BCUT2D eigenvalue weighted by Gasteiger charge is -2.40. The number of rotatable bonds is 13. The average Bonchev–Trinajstić information content (AvgIpc) is 2.99. The largest absolute Gasteiger partial charge is 0.497 e. The molecule has 0 radical (unpaired) electrons. The van der Waals surface area contributed by atoms with Crippen molar-refractivity contribution >= 4 is 16.0 Å². The van der Waals surface area contributed by atoms with E-state index in [4.69, 9.17) is 9.47 Å². The maximum absolute atomic E-state index is 14.2. The molecular weight excluding hydrogens is 536 g/mol. The van der Waals surface area contributed by atoms with Crippen LogP contribution in [0.4, 0.5) is 0 Å². The first-order chi connectivity index (χ1) is 19.8. The van der Waals surface area contributed by atoms with Gasteiger partial charge in [0.05, 0.1) is 24.7 Å². The molecule has 0 aliphatic heterocycles. The molecule has 41 heavy (non-hydrogen) atoms. The summed E-state index contributed by atoms with van der Waals surface area (Å²) in [5.41, 5.74) is 1.76. The normalized spacial score (nSPS) is 13.6. The van der Waals surface area contributed by atoms with E-state index in [0.29, 0.717) is 17.9 Å². The molecule has 8 heteroatoms. The first-order valence-corrected chi connectivity index (χ1v) is 15.0. The van der Waals surface area contributed by atoms with Crippen molar-refractivity contribution in [1.29, 1.82) is 0 Å². The summed E-state index contributed by atoms with van der Waals surface area (Å²) in [6, 6.07) is 31.7. The standard InChI is InChI=1S/C33H36N2O5S/c1-4-40-32(36)33(23-26-11-7-5-8-12-26,34-24-27-13-9-6-10-14-27)31(28-17-19-29(39-3)20-18-28)35-41(37,38)30-21-15-25(2)16-22-30/h5-22,31,34-35H,4,23-24H2,1-3H3/t31-,33-/m1/s1. The first-order valence-electron chi connectivity index (χ1n) is 13.5. The van der Waals surface area contributed by atoms with Gasteiger partial charge >= 0.3 is 5.97 Å². The highest BCUT2D eigenvalue weighted by Crippen LogP contribution is 2.34. The van der Waals surface area contributed by atoms with Gasteiger partial charge in [-0.25, -0.2) is 17.9 Å². The minimum atomic E-state index is -4.08. The maximum Gasteiger partial charge on any atom is 0.328 e. The van der Waals surface area contributed by atoms with Crippen molar-refractivity contribution in [3.05, 3.63) is 131 Å². The van der Waals surface area contributed by atoms with Crippen LogP contribution >= 0.6 is 0 Å². The van der Waals surface area contributed by atoms with Crippen LogP contribution in [0.3, 0.4) is 0 Å². The molecule has 4 aromatic carbocycles. The predicted octanol–water partition coefficient (Wildman–Crippen LogP) is 5.36. The maximum atomic E-state index is 14.2. The van der Waals surface area contributed by atoms with Gasteiger partial charge < -0.3 is 9.47 Å². The second-order valence-corrected chi connectivity index (χ2v) is 11.5. The SMILES string of the molecule is CCOC(=O)[C@](Cc1ccccc1)(NCc1ccccc1)[C@H](NS(=O)(=O)c1ccc(C)cc1)c1ccc(OC)cc1. The second kappa shape index (κ2) is 13.6. The molecule has 0 heterocycles. The van der Waals surface area contributed by atoms with E-state index in [1.807, 2.05) is 67.6 Å². The Labute approximate surface area is 242 Å². The zero-order valence-electron chi connectivity index (χ0n) is 23.5. The highest BCUT2D eigenvalue weighted by atomic mass is 32.2. The lowest BCUT2D eigenvalue weighted by atomic mass is 9.80. The number of sulfonamides is 1. The topological polar surface area (TPSA) is 93.7 Å². The lowest BCUT2D eigenvalue weighted by molar-refractivity contribution is -0.152. The van der Waals surface area contributed by atoms with Crippen LogP contribution in [0, 0.1) is 6.92 Å². The molecule has 0 fully saturated rings. The quantitative estimate of drug-likeness (QED) is 0.210. The van der Waals surface area contributed by atoms with E-state index in [9.17, 15) is 13.2 Å². The van der Waals surface area contributed by atoms with Crippen molar-refractivity contribution in [3.8, 4) is 5.75 Å². The van der Waals surface area contributed by atoms with Gasteiger partial charge in [0.2, 0.25) is 10.0 Å². The Balaban J connectivity index is 1.91. The molecule has 4 aromatic rings. The lowest BCUT2D eigenvalue weighted by Crippen LogP contribution is -2.62. The van der Waals surface area contributed by atoms with E-state index >= 15 is 0 Å². The molecule has 0 saturated carbocycles. The smallest absolute Gasteiger partial charge is 0.328 e. The minimum Gasteiger partial charge on any atom is -0.497 e. The fourth-order valence-corrected chi connectivity index (χ4v) is 6.03. The van der Waals surface area contributed by atoms with Gasteiger partial charge in [-0.1, -0.05) is 90.5 Å². The van der Waals surface area contributed by atoms with Crippen LogP contribution in [-0.2, 0) is 32.5 Å². The fourth-order valence-electron chi connectivity index (χ4n) is 4.75. The van der Waals surface area contributed by atoms with E-state index < -0.39 is 27.6 Å². The molecular formula is C33H36N2O5S.